The maximum absolute atomic E-state index is 4.98. The van der Waals surface area contributed by atoms with Crippen LogP contribution in [0.1, 0.15) is 50.2 Å². The predicted molar refractivity (Wildman–Crippen MR) is 131 cm³/mol. The van der Waals surface area contributed by atoms with Crippen LogP contribution in [0.15, 0.2) is 42.5 Å². The van der Waals surface area contributed by atoms with Gasteiger partial charge >= 0.3 is 0 Å². The number of benzene rings is 3. The maximum Gasteiger partial charge on any atom is 0.243 e. The molecule has 0 N–H and O–H groups in total. The van der Waals surface area contributed by atoms with Gasteiger partial charge in [0.05, 0.1) is 5.56 Å². The molecule has 1 heterocycles. The highest BCUT2D eigenvalue weighted by atomic mass is 15.3. The van der Waals surface area contributed by atoms with Crippen LogP contribution in [-0.2, 0) is 19.9 Å². The van der Waals surface area contributed by atoms with Gasteiger partial charge in [-0.05, 0) is 96.7 Å². The first-order chi connectivity index (χ1) is 15.3. The minimum Gasteiger partial charge on any atom is -0.0859 e. The van der Waals surface area contributed by atoms with Crippen molar-refractivity contribution in [3.8, 4) is 33.5 Å². The average molecular weight is 418 g/mol. The fourth-order valence-corrected chi connectivity index (χ4v) is 6.09. The molecule has 6 rings (SSSR count). The zero-order valence-electron chi connectivity index (χ0n) is 19.9. The number of aryl methyl sites for hydroxylation is 5. The molecule has 0 unspecified atom stereocenters. The van der Waals surface area contributed by atoms with E-state index in [4.69, 9.17) is 5.10 Å². The summed E-state index contributed by atoms with van der Waals surface area (Å²) >= 11 is 0. The Morgan fingerprint density at radius 1 is 0.688 bits per heavy atom. The topological polar surface area (TPSA) is 16.8 Å². The molecular weight excluding hydrogens is 388 g/mol. The Morgan fingerprint density at radius 2 is 1.41 bits per heavy atom. The van der Waals surface area contributed by atoms with E-state index in [9.17, 15) is 0 Å². The molecule has 32 heavy (non-hydrogen) atoms. The van der Waals surface area contributed by atoms with Crippen LogP contribution in [0.5, 0.6) is 0 Å². The molecule has 0 bridgehead atoms. The van der Waals surface area contributed by atoms with Gasteiger partial charge in [-0.1, -0.05) is 52.2 Å². The van der Waals surface area contributed by atoms with Crippen LogP contribution in [-0.4, -0.2) is 5.10 Å². The Hall–Kier alpha value is -3.26. The van der Waals surface area contributed by atoms with E-state index in [1.807, 2.05) is 0 Å². The van der Waals surface area contributed by atoms with Crippen molar-refractivity contribution in [2.75, 3.05) is 0 Å². The van der Waals surface area contributed by atoms with E-state index in [1.54, 1.807) is 0 Å². The molecule has 0 atom stereocenters. The average Bonchev–Trinajstić information content (AvgIpc) is 3.29. The van der Waals surface area contributed by atoms with E-state index < -0.39 is 0 Å². The van der Waals surface area contributed by atoms with E-state index in [0.717, 1.165) is 18.5 Å². The highest BCUT2D eigenvalue weighted by Gasteiger charge is 2.35. The van der Waals surface area contributed by atoms with Gasteiger partial charge in [0, 0.05) is 17.5 Å². The molecule has 1 aromatic heterocycles. The summed E-state index contributed by atoms with van der Waals surface area (Å²) in [5.41, 5.74) is 20.5. The molecule has 158 valence electrons. The van der Waals surface area contributed by atoms with Crippen molar-refractivity contribution in [2.24, 2.45) is 7.05 Å². The van der Waals surface area contributed by atoms with Crippen molar-refractivity contribution >= 4 is 0 Å². The van der Waals surface area contributed by atoms with Gasteiger partial charge in [-0.25, -0.2) is 0 Å². The van der Waals surface area contributed by atoms with Crippen LogP contribution in [0.4, 0.5) is 0 Å². The van der Waals surface area contributed by atoms with E-state index in [-0.39, 0.29) is 0 Å². The summed E-state index contributed by atoms with van der Waals surface area (Å²) < 4.78 is 2.11. The summed E-state index contributed by atoms with van der Waals surface area (Å²) in [6.07, 6.45) is 2.03. The predicted octanol–water partition coefficient (Wildman–Crippen LogP) is 6.26. The van der Waals surface area contributed by atoms with Gasteiger partial charge < -0.3 is 0 Å². The Bertz CT molecular complexity index is 1470. The van der Waals surface area contributed by atoms with Crippen molar-refractivity contribution in [2.45, 2.75) is 47.5 Å². The monoisotopic (exact) mass is 417 g/mol. The molecule has 2 heteroatoms. The lowest BCUT2D eigenvalue weighted by Gasteiger charge is -2.12. The minimum atomic E-state index is 0.986. The Morgan fingerprint density at radius 3 is 2.22 bits per heavy atom. The molecule has 2 aliphatic rings. The summed E-state index contributed by atoms with van der Waals surface area (Å²) in [7, 11) is 2.10. The van der Waals surface area contributed by atoms with Crippen molar-refractivity contribution in [1.29, 1.82) is 0 Å². The number of hydrogen-bond acceptors (Lipinski definition) is 1. The van der Waals surface area contributed by atoms with Gasteiger partial charge in [0.15, 0.2) is 7.05 Å². The van der Waals surface area contributed by atoms with Gasteiger partial charge in [0.2, 0.25) is 5.69 Å². The van der Waals surface area contributed by atoms with Gasteiger partial charge in [-0.2, -0.15) is 0 Å². The molecule has 4 aromatic rings. The molecule has 0 aliphatic heterocycles. The van der Waals surface area contributed by atoms with Crippen LogP contribution in [0, 0.1) is 34.6 Å². The molecule has 2 aliphatic carbocycles. The number of nitrogens with zero attached hydrogens (tertiary/aromatic N) is 2. The van der Waals surface area contributed by atoms with Gasteiger partial charge in [0.1, 0.15) is 5.69 Å². The highest BCUT2D eigenvalue weighted by Crippen LogP contribution is 2.48. The Balaban J connectivity index is 1.59. The first-order valence-electron chi connectivity index (χ1n) is 11.6. The maximum atomic E-state index is 4.98. The molecule has 0 spiro atoms. The van der Waals surface area contributed by atoms with Gasteiger partial charge in [-0.3, -0.25) is 0 Å². The second-order valence-electron chi connectivity index (χ2n) is 9.80. The number of fused-ring (bicyclic) bond motifs is 7. The summed E-state index contributed by atoms with van der Waals surface area (Å²) in [5.74, 6) is 0. The molecule has 0 saturated carbocycles. The lowest BCUT2D eigenvalue weighted by Crippen LogP contribution is -2.38. The number of rotatable bonds is 1. The van der Waals surface area contributed by atoms with Crippen molar-refractivity contribution < 1.29 is 4.68 Å². The quantitative estimate of drug-likeness (QED) is 0.289. The Labute approximate surface area is 190 Å². The molecule has 0 fully saturated rings. The molecule has 3 aromatic carbocycles. The first kappa shape index (κ1) is 19.4. The fourth-order valence-electron chi connectivity index (χ4n) is 6.09. The van der Waals surface area contributed by atoms with Crippen LogP contribution in [0.3, 0.4) is 0 Å². The fraction of sp³-hybridized carbons (Fsp3) is 0.267. The summed E-state index contributed by atoms with van der Waals surface area (Å²) in [4.78, 5) is 0. The van der Waals surface area contributed by atoms with Crippen LogP contribution in [0.2, 0.25) is 0 Å². The molecule has 0 saturated heterocycles. The summed E-state index contributed by atoms with van der Waals surface area (Å²) in [6, 6.07) is 16.2. The summed E-state index contributed by atoms with van der Waals surface area (Å²) in [5, 5.41) is 4.98. The van der Waals surface area contributed by atoms with E-state index in [1.165, 1.54) is 78.0 Å². The number of hydrogen-bond donors (Lipinski definition) is 0. The first-order valence-corrected chi connectivity index (χ1v) is 11.6. The van der Waals surface area contributed by atoms with Crippen molar-refractivity contribution in [1.82, 2.24) is 5.10 Å². The minimum absolute atomic E-state index is 0.986. The third kappa shape index (κ3) is 2.59. The lowest BCUT2D eigenvalue weighted by atomic mass is 9.93. The second kappa shape index (κ2) is 6.62. The van der Waals surface area contributed by atoms with Crippen LogP contribution >= 0.6 is 0 Å². The normalized spacial score (nSPS) is 13.1. The molecule has 0 radical (unpaired) electrons. The SMILES string of the molecule is Cc1ccc2c(c1)Cc1c-2ccc2c1Cc1c-2c(C)n[n+](C)c1-c1cc(C)cc(C)c1C. The van der Waals surface area contributed by atoms with Crippen molar-refractivity contribution in [3.63, 3.8) is 0 Å². The third-order valence-electron chi connectivity index (χ3n) is 7.61. The van der Waals surface area contributed by atoms with Gasteiger partial charge in [-0.15, -0.1) is 0 Å². The zero-order chi connectivity index (χ0) is 22.3. The number of aromatic nitrogens is 2. The van der Waals surface area contributed by atoms with Crippen LogP contribution < -0.4 is 4.68 Å². The largest absolute Gasteiger partial charge is 0.243 e. The highest BCUT2D eigenvalue weighted by molar-refractivity contribution is 5.89. The van der Waals surface area contributed by atoms with Gasteiger partial charge in [0.25, 0.3) is 0 Å². The van der Waals surface area contributed by atoms with Crippen LogP contribution in [0.25, 0.3) is 33.5 Å². The molecular formula is C30H29N2+. The second-order valence-corrected chi connectivity index (χ2v) is 9.80. The third-order valence-corrected chi connectivity index (χ3v) is 7.61. The molecule has 0 amide bonds. The zero-order valence-corrected chi connectivity index (χ0v) is 19.9. The Kier molecular flexibility index (Phi) is 4.02. The van der Waals surface area contributed by atoms with E-state index in [2.05, 4.69) is 88.8 Å². The standard InChI is InChI=1S/C30H29N2/c1-16-7-8-22-21(12-16)14-26-23(22)9-10-24-27(26)15-28-29(24)20(5)31-32(6)30(28)25-13-17(2)11-18(3)19(25)4/h7-13H,14-15H2,1-6H3/q+1. The summed E-state index contributed by atoms with van der Waals surface area (Å²) in [6.45, 7) is 11.0. The smallest absolute Gasteiger partial charge is 0.0859 e. The van der Waals surface area contributed by atoms with E-state index in [0.29, 0.717) is 0 Å². The molecule has 2 nitrogen and oxygen atoms in total. The lowest BCUT2D eigenvalue weighted by molar-refractivity contribution is -0.721. The van der Waals surface area contributed by atoms with Crippen molar-refractivity contribution in [3.05, 3.63) is 92.7 Å². The van der Waals surface area contributed by atoms with E-state index >= 15 is 0 Å².